The SMILES string of the molecule is COC(=O)CCCC/C(=N/O)c1[nH]c(=O)[nH]c1C. The van der Waals surface area contributed by atoms with Crippen LogP contribution in [-0.2, 0) is 9.53 Å². The molecule has 7 nitrogen and oxygen atoms in total. The summed E-state index contributed by atoms with van der Waals surface area (Å²) in [5, 5.41) is 12.1. The van der Waals surface area contributed by atoms with Gasteiger partial charge in [-0.3, -0.25) is 4.79 Å². The molecule has 0 aliphatic rings. The summed E-state index contributed by atoms with van der Waals surface area (Å²) in [6.07, 6.45) is 2.11. The van der Waals surface area contributed by atoms with Crippen LogP contribution in [0.3, 0.4) is 0 Å². The van der Waals surface area contributed by atoms with Gasteiger partial charge in [-0.25, -0.2) is 4.79 Å². The lowest BCUT2D eigenvalue weighted by Crippen LogP contribution is -2.07. The van der Waals surface area contributed by atoms with Gasteiger partial charge in [-0.1, -0.05) is 5.16 Å². The number of aromatic nitrogens is 2. The smallest absolute Gasteiger partial charge is 0.323 e. The van der Waals surface area contributed by atoms with Gasteiger partial charge in [-0.2, -0.15) is 0 Å². The number of rotatable bonds is 6. The standard InChI is InChI=1S/C11H17N3O4/c1-7-10(13-11(16)12-7)8(14-17)5-3-4-6-9(15)18-2/h17H,3-6H2,1-2H3,(H2,12,13,16)/b14-8-. The zero-order valence-corrected chi connectivity index (χ0v) is 10.4. The Labute approximate surface area is 104 Å². The topological polar surface area (TPSA) is 108 Å². The number of nitrogens with zero attached hydrogens (tertiary/aromatic N) is 1. The fourth-order valence-electron chi connectivity index (χ4n) is 1.65. The van der Waals surface area contributed by atoms with Crippen LogP contribution in [0, 0.1) is 6.92 Å². The van der Waals surface area contributed by atoms with Crippen molar-refractivity contribution in [3.8, 4) is 0 Å². The number of carbonyl (C=O) groups is 1. The van der Waals surface area contributed by atoms with Crippen LogP contribution in [0.25, 0.3) is 0 Å². The fourth-order valence-corrected chi connectivity index (χ4v) is 1.65. The molecule has 0 spiro atoms. The Bertz CT molecular complexity index is 487. The first-order valence-corrected chi connectivity index (χ1v) is 5.65. The number of aryl methyl sites for hydroxylation is 1. The maximum atomic E-state index is 11.1. The molecule has 0 amide bonds. The van der Waals surface area contributed by atoms with Crippen molar-refractivity contribution in [2.75, 3.05) is 7.11 Å². The summed E-state index contributed by atoms with van der Waals surface area (Å²) < 4.78 is 4.52. The average molecular weight is 255 g/mol. The number of H-pyrrole nitrogens is 2. The molecule has 1 rings (SSSR count). The van der Waals surface area contributed by atoms with E-state index in [-0.39, 0.29) is 11.7 Å². The largest absolute Gasteiger partial charge is 0.469 e. The number of ether oxygens (including phenoxy) is 1. The summed E-state index contributed by atoms with van der Waals surface area (Å²) in [6.45, 7) is 1.72. The second kappa shape index (κ2) is 6.63. The number of nitrogens with one attached hydrogen (secondary N) is 2. The van der Waals surface area contributed by atoms with Crippen molar-refractivity contribution in [1.82, 2.24) is 9.97 Å². The summed E-state index contributed by atoms with van der Waals surface area (Å²) in [5.74, 6) is -0.260. The molecular weight excluding hydrogens is 238 g/mol. The van der Waals surface area contributed by atoms with Gasteiger partial charge in [-0.05, 0) is 26.2 Å². The van der Waals surface area contributed by atoms with Crippen molar-refractivity contribution >= 4 is 11.7 Å². The van der Waals surface area contributed by atoms with Crippen LogP contribution in [0.2, 0.25) is 0 Å². The second-order valence-corrected chi connectivity index (χ2v) is 3.91. The molecule has 0 aliphatic heterocycles. The number of methoxy groups -OCH3 is 1. The Morgan fingerprint density at radius 1 is 1.33 bits per heavy atom. The van der Waals surface area contributed by atoms with Crippen LogP contribution in [-0.4, -0.2) is 34.0 Å². The number of hydrogen-bond donors (Lipinski definition) is 3. The third kappa shape index (κ3) is 3.76. The number of carbonyl (C=O) groups excluding carboxylic acids is 1. The summed E-state index contributed by atoms with van der Waals surface area (Å²) in [4.78, 5) is 27.1. The molecule has 0 atom stereocenters. The lowest BCUT2D eigenvalue weighted by Gasteiger charge is -2.03. The number of hydrogen-bond acceptors (Lipinski definition) is 5. The first-order chi connectivity index (χ1) is 8.58. The molecule has 100 valence electrons. The van der Waals surface area contributed by atoms with Crippen LogP contribution >= 0.6 is 0 Å². The van der Waals surface area contributed by atoms with E-state index in [4.69, 9.17) is 5.21 Å². The number of unbranched alkanes of at least 4 members (excludes halogenated alkanes) is 1. The molecule has 1 aromatic heterocycles. The van der Waals surface area contributed by atoms with Crippen LogP contribution < -0.4 is 5.69 Å². The van der Waals surface area contributed by atoms with Crippen molar-refractivity contribution in [3.63, 3.8) is 0 Å². The van der Waals surface area contributed by atoms with Gasteiger partial charge in [-0.15, -0.1) is 0 Å². The van der Waals surface area contributed by atoms with E-state index in [2.05, 4.69) is 19.9 Å². The van der Waals surface area contributed by atoms with Crippen molar-refractivity contribution in [2.45, 2.75) is 32.6 Å². The van der Waals surface area contributed by atoms with Crippen molar-refractivity contribution in [2.24, 2.45) is 5.16 Å². The Balaban J connectivity index is 2.52. The average Bonchev–Trinajstić information content (AvgIpc) is 2.68. The van der Waals surface area contributed by atoms with E-state index >= 15 is 0 Å². The van der Waals surface area contributed by atoms with Gasteiger partial charge >= 0.3 is 11.7 Å². The van der Waals surface area contributed by atoms with Gasteiger partial charge in [0.15, 0.2) is 0 Å². The molecule has 0 aromatic carbocycles. The molecule has 0 unspecified atom stereocenters. The number of aromatic amines is 2. The molecule has 0 radical (unpaired) electrons. The third-order valence-electron chi connectivity index (χ3n) is 2.60. The summed E-state index contributed by atoms with van der Waals surface area (Å²) >= 11 is 0. The molecule has 0 saturated heterocycles. The quantitative estimate of drug-likeness (QED) is 0.231. The van der Waals surface area contributed by atoms with Crippen LogP contribution in [0.15, 0.2) is 9.95 Å². The van der Waals surface area contributed by atoms with Crippen molar-refractivity contribution < 1.29 is 14.7 Å². The molecule has 0 bridgehead atoms. The van der Waals surface area contributed by atoms with Crippen LogP contribution in [0.1, 0.15) is 37.1 Å². The lowest BCUT2D eigenvalue weighted by atomic mass is 10.1. The molecular formula is C11H17N3O4. The maximum absolute atomic E-state index is 11.1. The Kier molecular flexibility index (Phi) is 5.16. The highest BCUT2D eigenvalue weighted by Gasteiger charge is 2.11. The minimum absolute atomic E-state index is 0.260. The highest BCUT2D eigenvalue weighted by molar-refractivity contribution is 5.99. The molecule has 18 heavy (non-hydrogen) atoms. The van der Waals surface area contributed by atoms with E-state index in [0.29, 0.717) is 42.8 Å². The Morgan fingerprint density at radius 3 is 2.50 bits per heavy atom. The molecule has 0 saturated carbocycles. The van der Waals surface area contributed by atoms with E-state index in [9.17, 15) is 9.59 Å². The molecule has 3 N–H and O–H groups in total. The molecule has 0 aliphatic carbocycles. The zero-order chi connectivity index (χ0) is 13.5. The number of esters is 1. The van der Waals surface area contributed by atoms with Gasteiger partial charge in [0.25, 0.3) is 0 Å². The van der Waals surface area contributed by atoms with E-state index in [0.717, 1.165) is 0 Å². The van der Waals surface area contributed by atoms with E-state index < -0.39 is 0 Å². The minimum Gasteiger partial charge on any atom is -0.469 e. The predicted molar refractivity (Wildman–Crippen MR) is 65.0 cm³/mol. The Morgan fingerprint density at radius 2 is 2.00 bits per heavy atom. The molecule has 0 fully saturated rings. The highest BCUT2D eigenvalue weighted by atomic mass is 16.5. The summed E-state index contributed by atoms with van der Waals surface area (Å²) in [5.41, 5.74) is 1.19. The fraction of sp³-hybridized carbons (Fsp3) is 0.545. The number of imidazole rings is 1. The number of oxime groups is 1. The zero-order valence-electron chi connectivity index (χ0n) is 10.4. The molecule has 1 heterocycles. The summed E-state index contributed by atoms with van der Waals surface area (Å²) in [6, 6.07) is 0. The van der Waals surface area contributed by atoms with E-state index in [1.807, 2.05) is 0 Å². The monoisotopic (exact) mass is 255 g/mol. The normalized spacial score (nSPS) is 11.6. The molecule has 7 heteroatoms. The van der Waals surface area contributed by atoms with Crippen molar-refractivity contribution in [3.05, 3.63) is 21.9 Å². The van der Waals surface area contributed by atoms with E-state index in [1.54, 1.807) is 6.92 Å². The lowest BCUT2D eigenvalue weighted by molar-refractivity contribution is -0.140. The first-order valence-electron chi connectivity index (χ1n) is 5.65. The summed E-state index contributed by atoms with van der Waals surface area (Å²) in [7, 11) is 1.34. The first kappa shape index (κ1) is 14.0. The predicted octanol–water partition coefficient (Wildman–Crippen LogP) is 0.923. The molecule has 1 aromatic rings. The maximum Gasteiger partial charge on any atom is 0.323 e. The van der Waals surface area contributed by atoms with Gasteiger partial charge in [0.2, 0.25) is 0 Å². The van der Waals surface area contributed by atoms with Crippen LogP contribution in [0.5, 0.6) is 0 Å². The van der Waals surface area contributed by atoms with E-state index in [1.165, 1.54) is 7.11 Å². The van der Waals surface area contributed by atoms with Gasteiger partial charge in [0.1, 0.15) is 5.71 Å². The Hall–Kier alpha value is -2.05. The third-order valence-corrected chi connectivity index (χ3v) is 2.60. The van der Waals surface area contributed by atoms with Crippen LogP contribution in [0.4, 0.5) is 0 Å². The van der Waals surface area contributed by atoms with Crippen molar-refractivity contribution in [1.29, 1.82) is 0 Å². The van der Waals surface area contributed by atoms with Gasteiger partial charge in [0, 0.05) is 12.1 Å². The van der Waals surface area contributed by atoms with Gasteiger partial charge in [0.05, 0.1) is 12.8 Å². The van der Waals surface area contributed by atoms with Gasteiger partial charge < -0.3 is 19.9 Å². The second-order valence-electron chi connectivity index (χ2n) is 3.91. The highest BCUT2D eigenvalue weighted by Crippen LogP contribution is 2.09. The minimum atomic E-state index is -0.335.